The molecule has 3 aromatic rings. The van der Waals surface area contributed by atoms with Crippen molar-refractivity contribution in [2.75, 3.05) is 0 Å². The highest BCUT2D eigenvalue weighted by molar-refractivity contribution is 5.91. The Bertz CT molecular complexity index is 1240. The fourth-order valence-corrected chi connectivity index (χ4v) is 5.53. The molecule has 1 atom stereocenters. The molecule has 0 N–H and O–H groups in total. The highest BCUT2D eigenvalue weighted by atomic mass is 19.1. The van der Waals surface area contributed by atoms with E-state index >= 15 is 0 Å². The molecular weight excluding hydrogens is 485 g/mol. The van der Waals surface area contributed by atoms with Crippen LogP contribution in [0.5, 0.6) is 5.75 Å². The van der Waals surface area contributed by atoms with E-state index < -0.39 is 29.0 Å². The van der Waals surface area contributed by atoms with Crippen LogP contribution in [0.4, 0.5) is 13.2 Å². The summed E-state index contributed by atoms with van der Waals surface area (Å²) in [5, 5.41) is 0. The third-order valence-electron chi connectivity index (χ3n) is 7.69. The van der Waals surface area contributed by atoms with Gasteiger partial charge < -0.3 is 4.74 Å². The molecule has 5 heteroatoms. The van der Waals surface area contributed by atoms with Crippen LogP contribution in [0, 0.1) is 23.4 Å². The molecule has 1 fully saturated rings. The first-order chi connectivity index (χ1) is 18.4. The molecule has 1 saturated carbocycles. The van der Waals surface area contributed by atoms with E-state index in [0.717, 1.165) is 38.2 Å². The second-order valence-corrected chi connectivity index (χ2v) is 10.4. The van der Waals surface area contributed by atoms with Crippen molar-refractivity contribution in [1.82, 2.24) is 0 Å². The topological polar surface area (TPSA) is 26.3 Å². The van der Waals surface area contributed by atoms with Crippen molar-refractivity contribution in [1.29, 1.82) is 0 Å². The van der Waals surface area contributed by atoms with Crippen molar-refractivity contribution in [2.24, 2.45) is 5.92 Å². The number of aryl methyl sites for hydroxylation is 1. The van der Waals surface area contributed by atoms with Crippen molar-refractivity contribution < 1.29 is 22.7 Å². The van der Waals surface area contributed by atoms with Gasteiger partial charge in [0.1, 0.15) is 28.8 Å². The molecule has 0 saturated heterocycles. The van der Waals surface area contributed by atoms with E-state index in [4.69, 9.17) is 4.74 Å². The van der Waals surface area contributed by atoms with Crippen LogP contribution in [-0.2, 0) is 6.42 Å². The third-order valence-corrected chi connectivity index (χ3v) is 7.69. The molecule has 0 spiro atoms. The van der Waals surface area contributed by atoms with Crippen LogP contribution in [0.1, 0.15) is 91.3 Å². The Morgan fingerprint density at radius 3 is 2.26 bits per heavy atom. The van der Waals surface area contributed by atoms with Crippen LogP contribution in [-0.4, -0.2) is 5.97 Å². The Hall–Kier alpha value is -3.34. The average molecular weight is 521 g/mol. The molecule has 0 unspecified atom stereocenters. The van der Waals surface area contributed by atoms with Crippen molar-refractivity contribution in [2.45, 2.75) is 70.6 Å². The van der Waals surface area contributed by atoms with Crippen molar-refractivity contribution in [3.8, 4) is 5.75 Å². The Balaban J connectivity index is 1.36. The summed E-state index contributed by atoms with van der Waals surface area (Å²) in [5.41, 5.74) is 1.64. The molecule has 1 aliphatic carbocycles. The molecule has 0 heterocycles. The van der Waals surface area contributed by atoms with Crippen LogP contribution in [0.25, 0.3) is 0 Å². The lowest BCUT2D eigenvalue weighted by atomic mass is 9.75. The summed E-state index contributed by atoms with van der Waals surface area (Å²) in [7, 11) is 0. The number of carbonyl (C=O) groups is 1. The molecule has 1 aliphatic rings. The number of halogens is 3. The quantitative estimate of drug-likeness (QED) is 0.160. The number of esters is 1. The Kier molecular flexibility index (Phi) is 9.43. The first-order valence-corrected chi connectivity index (χ1v) is 13.5. The normalized spacial score (nSPS) is 18.4. The summed E-state index contributed by atoms with van der Waals surface area (Å²) in [6.45, 7) is 4.14. The number of carbonyl (C=O) groups excluding carboxylic acids is 1. The molecule has 200 valence electrons. The SMILES string of the molecule is C/C=C/CCc1ccc(OC(=O)c2c(F)cc(C3CCC(C[C@H](C)c4ccccc4)CC3)cc2F)cc1F. The van der Waals surface area contributed by atoms with Crippen LogP contribution in [0.3, 0.4) is 0 Å². The summed E-state index contributed by atoms with van der Waals surface area (Å²) in [5.74, 6) is -2.58. The van der Waals surface area contributed by atoms with Gasteiger partial charge in [-0.2, -0.15) is 0 Å². The Morgan fingerprint density at radius 2 is 1.63 bits per heavy atom. The maximum absolute atomic E-state index is 15.0. The van der Waals surface area contributed by atoms with Gasteiger partial charge in [-0.25, -0.2) is 18.0 Å². The van der Waals surface area contributed by atoms with Crippen LogP contribution in [0.2, 0.25) is 0 Å². The van der Waals surface area contributed by atoms with Gasteiger partial charge >= 0.3 is 5.97 Å². The standard InChI is InChI=1S/C33H35F3O2/c1-3-4-6-11-26-16-17-28(21-29(26)34)38-33(37)32-30(35)19-27(20-31(32)36)25-14-12-23(13-15-25)18-22(2)24-9-7-5-8-10-24/h3-5,7-10,16-17,19-23,25H,6,11-15,18H2,1-2H3/b4-3+/t22-,23?,25?/m0/s1. The zero-order valence-electron chi connectivity index (χ0n) is 22.1. The minimum absolute atomic E-state index is 0.0524. The largest absolute Gasteiger partial charge is 0.423 e. The van der Waals surface area contributed by atoms with Gasteiger partial charge in [-0.05, 0) is 105 Å². The maximum atomic E-state index is 15.0. The molecule has 4 rings (SSSR count). The number of hydrogen-bond donors (Lipinski definition) is 0. The van der Waals surface area contributed by atoms with Crippen LogP contribution >= 0.6 is 0 Å². The Labute approximate surface area is 223 Å². The molecule has 0 amide bonds. The number of ether oxygens (including phenoxy) is 1. The smallest absolute Gasteiger partial charge is 0.349 e. The predicted molar refractivity (Wildman–Crippen MR) is 145 cm³/mol. The number of rotatable bonds is 9. The number of hydrogen-bond acceptors (Lipinski definition) is 2. The summed E-state index contributed by atoms with van der Waals surface area (Å²) in [6, 6.07) is 17.0. The van der Waals surface area contributed by atoms with E-state index in [1.54, 1.807) is 0 Å². The molecular formula is C33H35F3O2. The van der Waals surface area contributed by atoms with Crippen LogP contribution < -0.4 is 4.74 Å². The lowest BCUT2D eigenvalue weighted by molar-refractivity contribution is 0.0724. The molecule has 0 radical (unpaired) electrons. The van der Waals surface area contributed by atoms with E-state index in [-0.39, 0.29) is 11.7 Å². The second-order valence-electron chi connectivity index (χ2n) is 10.4. The highest BCUT2D eigenvalue weighted by Gasteiger charge is 2.27. The first kappa shape index (κ1) is 27.7. The molecule has 2 nitrogen and oxygen atoms in total. The van der Waals surface area contributed by atoms with E-state index in [1.165, 1.54) is 29.8 Å². The van der Waals surface area contributed by atoms with Crippen molar-refractivity contribution in [3.63, 3.8) is 0 Å². The second kappa shape index (κ2) is 12.9. The van der Waals surface area contributed by atoms with E-state index in [1.807, 2.05) is 25.1 Å². The molecule has 0 aliphatic heterocycles. The highest BCUT2D eigenvalue weighted by Crippen LogP contribution is 2.40. The maximum Gasteiger partial charge on any atom is 0.349 e. The minimum atomic E-state index is -1.17. The summed E-state index contributed by atoms with van der Waals surface area (Å²) in [6.07, 6.45) is 9.83. The van der Waals surface area contributed by atoms with Gasteiger partial charge in [-0.1, -0.05) is 55.5 Å². The van der Waals surface area contributed by atoms with E-state index in [2.05, 4.69) is 31.2 Å². The Morgan fingerprint density at radius 1 is 0.947 bits per heavy atom. The molecule has 0 bridgehead atoms. The van der Waals surface area contributed by atoms with Gasteiger partial charge in [0.15, 0.2) is 0 Å². The first-order valence-electron chi connectivity index (χ1n) is 13.5. The lowest BCUT2D eigenvalue weighted by Gasteiger charge is -2.30. The average Bonchev–Trinajstić information content (AvgIpc) is 2.90. The predicted octanol–water partition coefficient (Wildman–Crippen LogP) is 9.30. The lowest BCUT2D eigenvalue weighted by Crippen LogP contribution is -2.17. The summed E-state index contributed by atoms with van der Waals surface area (Å²) in [4.78, 5) is 12.6. The fourth-order valence-electron chi connectivity index (χ4n) is 5.53. The van der Waals surface area contributed by atoms with Gasteiger partial charge in [0.25, 0.3) is 0 Å². The monoisotopic (exact) mass is 520 g/mol. The van der Waals surface area contributed by atoms with Crippen molar-refractivity contribution >= 4 is 5.97 Å². The fraction of sp³-hybridized carbons (Fsp3) is 0.364. The van der Waals surface area contributed by atoms with Gasteiger partial charge in [0.05, 0.1) is 0 Å². The van der Waals surface area contributed by atoms with Gasteiger partial charge in [0, 0.05) is 6.07 Å². The number of allylic oxidation sites excluding steroid dienone is 2. The van der Waals surface area contributed by atoms with Crippen molar-refractivity contribution in [3.05, 3.63) is 113 Å². The molecule has 3 aromatic carbocycles. The minimum Gasteiger partial charge on any atom is -0.423 e. The van der Waals surface area contributed by atoms with E-state index in [9.17, 15) is 18.0 Å². The molecule has 0 aromatic heterocycles. The van der Waals surface area contributed by atoms with Gasteiger partial charge in [-0.15, -0.1) is 0 Å². The van der Waals surface area contributed by atoms with Gasteiger partial charge in [0.2, 0.25) is 0 Å². The van der Waals surface area contributed by atoms with Gasteiger partial charge in [-0.3, -0.25) is 0 Å². The van der Waals surface area contributed by atoms with Crippen LogP contribution in [0.15, 0.2) is 72.8 Å². The third kappa shape index (κ3) is 6.94. The summed E-state index contributed by atoms with van der Waals surface area (Å²) >= 11 is 0. The number of benzene rings is 3. The van der Waals surface area contributed by atoms with E-state index in [0.29, 0.717) is 35.8 Å². The zero-order valence-corrected chi connectivity index (χ0v) is 22.1. The molecule has 38 heavy (non-hydrogen) atoms. The summed E-state index contributed by atoms with van der Waals surface area (Å²) < 4.78 is 49.4. The zero-order chi connectivity index (χ0) is 27.1.